The summed E-state index contributed by atoms with van der Waals surface area (Å²) in [5.41, 5.74) is 7.94. The largest absolute Gasteiger partial charge is 0.475 e. The third-order valence-electron chi connectivity index (χ3n) is 3.46. The van der Waals surface area contributed by atoms with Crippen LogP contribution in [0.15, 0.2) is 18.7 Å². The number of nitrogen functional groups attached to an aromatic ring is 1. The molecule has 2 N–H and O–H groups in total. The molecule has 0 atom stereocenters. The minimum atomic E-state index is 0.600. The molecule has 6 nitrogen and oxygen atoms in total. The van der Waals surface area contributed by atoms with Crippen molar-refractivity contribution in [3.8, 4) is 5.88 Å². The third kappa shape index (κ3) is 2.57. The van der Waals surface area contributed by atoms with Gasteiger partial charge in [0.1, 0.15) is 5.69 Å². The van der Waals surface area contributed by atoms with Gasteiger partial charge in [0.25, 0.3) is 5.88 Å². The number of rotatable bonds is 5. The van der Waals surface area contributed by atoms with Gasteiger partial charge in [-0.15, -0.1) is 5.10 Å². The molecule has 19 heavy (non-hydrogen) atoms. The van der Waals surface area contributed by atoms with E-state index in [0.717, 1.165) is 37.3 Å². The van der Waals surface area contributed by atoms with Crippen molar-refractivity contribution in [1.82, 2.24) is 19.3 Å². The van der Waals surface area contributed by atoms with Gasteiger partial charge in [-0.25, -0.2) is 4.98 Å². The maximum absolute atomic E-state index is 6.08. The fraction of sp³-hybridized carbons (Fsp3) is 0.538. The monoisotopic (exact) mass is 261 g/mol. The molecule has 3 heterocycles. The minimum absolute atomic E-state index is 0.600. The smallest absolute Gasteiger partial charge is 0.256 e. The van der Waals surface area contributed by atoms with Crippen molar-refractivity contribution in [3.63, 3.8) is 0 Å². The summed E-state index contributed by atoms with van der Waals surface area (Å²) in [7, 11) is 0. The van der Waals surface area contributed by atoms with Crippen molar-refractivity contribution < 1.29 is 4.74 Å². The molecule has 102 valence electrons. The van der Waals surface area contributed by atoms with E-state index < -0.39 is 0 Å². The molecule has 0 saturated heterocycles. The van der Waals surface area contributed by atoms with Gasteiger partial charge in [-0.1, -0.05) is 0 Å². The van der Waals surface area contributed by atoms with Gasteiger partial charge in [-0.05, 0) is 25.7 Å². The second-order valence-corrected chi connectivity index (χ2v) is 4.85. The van der Waals surface area contributed by atoms with Gasteiger partial charge in [0, 0.05) is 25.5 Å². The molecule has 0 amide bonds. The number of aromatic nitrogens is 4. The van der Waals surface area contributed by atoms with Crippen molar-refractivity contribution in [2.45, 2.75) is 38.8 Å². The van der Waals surface area contributed by atoms with Crippen LogP contribution in [0.25, 0.3) is 0 Å². The van der Waals surface area contributed by atoms with Crippen LogP contribution >= 0.6 is 0 Å². The molecule has 0 radical (unpaired) electrons. The van der Waals surface area contributed by atoms with Crippen LogP contribution in [0.5, 0.6) is 5.88 Å². The highest BCUT2D eigenvalue weighted by molar-refractivity contribution is 5.53. The van der Waals surface area contributed by atoms with Gasteiger partial charge < -0.3 is 15.0 Å². The van der Waals surface area contributed by atoms with E-state index in [1.807, 2.05) is 21.8 Å². The average Bonchev–Trinajstić information content (AvgIpc) is 3.04. The van der Waals surface area contributed by atoms with Crippen LogP contribution in [0.1, 0.15) is 25.0 Å². The topological polar surface area (TPSA) is 70.9 Å². The van der Waals surface area contributed by atoms with Crippen LogP contribution in [0.2, 0.25) is 0 Å². The first-order valence-corrected chi connectivity index (χ1v) is 6.78. The molecule has 2 aromatic rings. The van der Waals surface area contributed by atoms with E-state index in [1.54, 1.807) is 6.20 Å². The summed E-state index contributed by atoms with van der Waals surface area (Å²) in [5, 5.41) is 4.44. The zero-order valence-corrected chi connectivity index (χ0v) is 11.0. The van der Waals surface area contributed by atoms with Gasteiger partial charge in [-0.3, -0.25) is 4.68 Å². The summed E-state index contributed by atoms with van der Waals surface area (Å²) in [5.74, 6) is 0.600. The molecule has 1 aliphatic heterocycles. The molecule has 6 heteroatoms. The lowest BCUT2D eigenvalue weighted by atomic mass is 10.1. The molecule has 0 aliphatic carbocycles. The molecule has 0 unspecified atom stereocenters. The normalized spacial score (nSPS) is 14.3. The lowest BCUT2D eigenvalue weighted by Crippen LogP contribution is -2.11. The Morgan fingerprint density at radius 2 is 2.32 bits per heavy atom. The molecule has 0 bridgehead atoms. The quantitative estimate of drug-likeness (QED) is 0.827. The Hall–Kier alpha value is -1.98. The fourth-order valence-electron chi connectivity index (χ4n) is 2.43. The summed E-state index contributed by atoms with van der Waals surface area (Å²) in [6.07, 6.45) is 9.83. The number of nitrogens with two attached hydrogens (primary N) is 1. The standard InChI is InChI=1S/C13H19N5O/c14-12-11-4-1-2-7-18(11)16-13(12)19-9-3-6-17-8-5-15-10-17/h5,8,10H,1-4,6-7,9,14H2. The van der Waals surface area contributed by atoms with E-state index in [0.29, 0.717) is 12.5 Å². The number of fused-ring (bicyclic) bond motifs is 1. The molecular weight excluding hydrogens is 242 g/mol. The number of nitrogens with zero attached hydrogens (tertiary/aromatic N) is 4. The van der Waals surface area contributed by atoms with Gasteiger partial charge in [-0.2, -0.15) is 0 Å². The van der Waals surface area contributed by atoms with Gasteiger partial charge in [0.2, 0.25) is 0 Å². The van der Waals surface area contributed by atoms with Gasteiger partial charge >= 0.3 is 0 Å². The molecular formula is C13H19N5O. The van der Waals surface area contributed by atoms with Crippen LogP contribution in [-0.2, 0) is 19.5 Å². The van der Waals surface area contributed by atoms with Crippen LogP contribution in [0.4, 0.5) is 5.69 Å². The number of hydrogen-bond acceptors (Lipinski definition) is 4. The average molecular weight is 261 g/mol. The number of aryl methyl sites for hydroxylation is 2. The summed E-state index contributed by atoms with van der Waals surface area (Å²) < 4.78 is 9.72. The van der Waals surface area contributed by atoms with E-state index in [-0.39, 0.29) is 0 Å². The van der Waals surface area contributed by atoms with E-state index in [4.69, 9.17) is 10.5 Å². The highest BCUT2D eigenvalue weighted by Crippen LogP contribution is 2.28. The highest BCUT2D eigenvalue weighted by atomic mass is 16.5. The Morgan fingerprint density at radius 1 is 1.37 bits per heavy atom. The molecule has 0 saturated carbocycles. The summed E-state index contributed by atoms with van der Waals surface area (Å²) in [4.78, 5) is 4.00. The second kappa shape index (κ2) is 5.34. The van der Waals surface area contributed by atoms with Crippen LogP contribution in [0, 0.1) is 0 Å². The summed E-state index contributed by atoms with van der Waals surface area (Å²) in [6, 6.07) is 0. The predicted molar refractivity (Wildman–Crippen MR) is 71.9 cm³/mol. The van der Waals surface area contributed by atoms with Crippen molar-refractivity contribution in [2.75, 3.05) is 12.3 Å². The number of imidazole rings is 1. The first-order valence-electron chi connectivity index (χ1n) is 6.78. The van der Waals surface area contributed by atoms with E-state index >= 15 is 0 Å². The molecule has 1 aliphatic rings. The number of anilines is 1. The Bertz CT molecular complexity index is 531. The fourth-order valence-corrected chi connectivity index (χ4v) is 2.43. The van der Waals surface area contributed by atoms with Crippen LogP contribution < -0.4 is 10.5 Å². The van der Waals surface area contributed by atoms with E-state index in [2.05, 4.69) is 10.1 Å². The van der Waals surface area contributed by atoms with Crippen LogP contribution in [0.3, 0.4) is 0 Å². The second-order valence-electron chi connectivity index (χ2n) is 4.85. The zero-order valence-electron chi connectivity index (χ0n) is 11.0. The highest BCUT2D eigenvalue weighted by Gasteiger charge is 2.18. The molecule has 3 rings (SSSR count). The van der Waals surface area contributed by atoms with E-state index in [9.17, 15) is 0 Å². The Kier molecular flexibility index (Phi) is 3.39. The van der Waals surface area contributed by atoms with E-state index in [1.165, 1.54) is 12.8 Å². The third-order valence-corrected chi connectivity index (χ3v) is 3.46. The SMILES string of the molecule is Nc1c(OCCCn2ccnc2)nn2c1CCCC2. The van der Waals surface area contributed by atoms with Crippen molar-refractivity contribution in [1.29, 1.82) is 0 Å². The summed E-state index contributed by atoms with van der Waals surface area (Å²) in [6.45, 7) is 2.48. The first-order chi connectivity index (χ1) is 9.34. The zero-order chi connectivity index (χ0) is 13.1. The molecule has 0 aromatic carbocycles. The summed E-state index contributed by atoms with van der Waals surface area (Å²) >= 11 is 0. The Morgan fingerprint density at radius 3 is 3.11 bits per heavy atom. The van der Waals surface area contributed by atoms with Crippen molar-refractivity contribution in [3.05, 3.63) is 24.4 Å². The molecule has 0 fully saturated rings. The molecule has 2 aromatic heterocycles. The van der Waals surface area contributed by atoms with Gasteiger partial charge in [0.15, 0.2) is 0 Å². The number of ether oxygens (including phenoxy) is 1. The lowest BCUT2D eigenvalue weighted by molar-refractivity contribution is 0.287. The maximum Gasteiger partial charge on any atom is 0.256 e. The Balaban J connectivity index is 1.54. The minimum Gasteiger partial charge on any atom is -0.475 e. The number of hydrogen-bond donors (Lipinski definition) is 1. The molecule has 0 spiro atoms. The maximum atomic E-state index is 6.08. The van der Waals surface area contributed by atoms with Crippen molar-refractivity contribution >= 4 is 5.69 Å². The van der Waals surface area contributed by atoms with Crippen molar-refractivity contribution in [2.24, 2.45) is 0 Å². The predicted octanol–water partition coefficient (Wildman–Crippen LogP) is 1.47. The van der Waals surface area contributed by atoms with Crippen LogP contribution in [-0.4, -0.2) is 25.9 Å². The Labute approximate surface area is 112 Å². The lowest BCUT2D eigenvalue weighted by Gasteiger charge is -2.12. The van der Waals surface area contributed by atoms with Gasteiger partial charge in [0.05, 0.1) is 18.6 Å². The first kappa shape index (κ1) is 12.1.